The molecule has 0 spiro atoms. The van der Waals surface area contributed by atoms with E-state index < -0.39 is 0 Å². The second-order valence-electron chi connectivity index (χ2n) is 26.6. The molecule has 7 aromatic carbocycles. The van der Waals surface area contributed by atoms with Gasteiger partial charge in [0.2, 0.25) is 0 Å². The van der Waals surface area contributed by atoms with E-state index in [9.17, 15) is 0 Å². The molecule has 0 fully saturated rings. The van der Waals surface area contributed by atoms with Gasteiger partial charge in [-0.1, -0.05) is 132 Å². The van der Waals surface area contributed by atoms with Crippen LogP contribution in [0, 0.1) is 6.92 Å². The van der Waals surface area contributed by atoms with Crippen LogP contribution in [0.3, 0.4) is 0 Å². The Morgan fingerprint density at radius 3 is 1.64 bits per heavy atom. The average Bonchev–Trinajstić information content (AvgIpc) is 3.91. The van der Waals surface area contributed by atoms with Gasteiger partial charge in [-0.05, 0) is 194 Å². The van der Waals surface area contributed by atoms with Crippen LogP contribution in [0.4, 0.5) is 28.4 Å². The number of fused-ring (bicyclic) bond motifs is 13. The Balaban J connectivity index is 1.15. The Hall–Kier alpha value is -6.20. The van der Waals surface area contributed by atoms with Crippen LogP contribution in [-0.4, -0.2) is 7.28 Å². The Morgan fingerprint density at radius 2 is 0.986 bits per heavy atom. The third-order valence-electron chi connectivity index (χ3n) is 19.0. The summed E-state index contributed by atoms with van der Waals surface area (Å²) in [4.78, 5) is 2.61. The van der Waals surface area contributed by atoms with E-state index in [0.29, 0.717) is 7.28 Å². The molecule has 0 amide bonds. The molecule has 4 aliphatic rings. The van der Waals surface area contributed by atoms with Gasteiger partial charge in [0.1, 0.15) is 16.7 Å². The molecule has 13 rings (SSSR count). The molecule has 0 saturated carbocycles. The van der Waals surface area contributed by atoms with Gasteiger partial charge in [0, 0.05) is 49.9 Å². The van der Waals surface area contributed by atoms with Crippen LogP contribution in [0.1, 0.15) is 161 Å². The van der Waals surface area contributed by atoms with Crippen LogP contribution in [0.25, 0.3) is 55.0 Å². The lowest BCUT2D eigenvalue weighted by Crippen LogP contribution is -2.42. The van der Waals surface area contributed by atoms with Crippen molar-refractivity contribution >= 4 is 90.5 Å². The fraction of sp³-hybridized carbons (Fsp3) is 0.373. The summed E-state index contributed by atoms with van der Waals surface area (Å²) in [5, 5.41) is 8.83. The maximum Gasteiger partial charge on any atom is 0.199 e. The quantitative estimate of drug-likeness (QED) is 0.179. The van der Waals surface area contributed by atoms with Gasteiger partial charge in [-0.15, -0.1) is 0 Å². The van der Waals surface area contributed by atoms with Gasteiger partial charge in [-0.2, -0.15) is 0 Å². The Kier molecular flexibility index (Phi) is 9.48. The third-order valence-corrected chi connectivity index (χ3v) is 19.0. The molecule has 0 saturated heterocycles. The first-order chi connectivity index (χ1) is 34.0. The summed E-state index contributed by atoms with van der Waals surface area (Å²) in [5.74, 6) is 0. The zero-order chi connectivity index (χ0) is 50.2. The van der Waals surface area contributed by atoms with Gasteiger partial charge in [-0.25, -0.2) is 0 Å². The lowest BCUT2D eigenvalue weighted by Gasteiger charge is -2.44. The fourth-order valence-corrected chi connectivity index (χ4v) is 14.1. The molecule has 1 N–H and O–H groups in total. The molecule has 0 atom stereocenters. The standard InChI is InChI=1S/C67H71BN2O2/c1-38-32-46-50(67(12,13)31-28-63(46,4)5)37-53(38)70-52-24-25-56-57(41-19-15-17-21-55(41)71-56)59(52)68-58-43(34-44-40-18-14-16-20-54(40)72-61(44)60(58)70)42-35-48-49(66(10,11)30-29-65(48,8)9)36-51(42)69-39-22-23-45-47(33-39)64(6,7)27-26-62(45,2)3/h14-25,32-37,68-69H,26-31H2,1-13H3. The number of nitrogens with zero attached hydrogens (tertiary/aromatic N) is 1. The second-order valence-corrected chi connectivity index (χ2v) is 26.6. The number of nitrogens with one attached hydrogen (secondary N) is 1. The topological polar surface area (TPSA) is 41.6 Å². The number of hydrogen-bond donors (Lipinski definition) is 1. The first kappa shape index (κ1) is 45.7. The highest BCUT2D eigenvalue weighted by Gasteiger charge is 2.43. The summed E-state index contributed by atoms with van der Waals surface area (Å²) in [6.45, 7) is 31.7. The van der Waals surface area contributed by atoms with Crippen LogP contribution in [0.2, 0.25) is 0 Å². The van der Waals surface area contributed by atoms with E-state index in [1.165, 1.54) is 97.0 Å². The number of benzene rings is 7. The SMILES string of the molecule is Cc1cc2c(cc1N1c3ccc4oc5ccccc5c4c3Bc3c(-c4cc5c(cc4Nc4ccc6c(c4)C(C)(C)CCC6(C)C)C(C)(C)CCC5(C)C)cc4c(oc5ccccc54)c31)C(C)(C)CCC2(C)C. The maximum absolute atomic E-state index is 7.27. The fourth-order valence-electron chi connectivity index (χ4n) is 14.1. The van der Waals surface area contributed by atoms with E-state index in [2.05, 4.69) is 209 Å². The molecular weight excluding hydrogens is 876 g/mol. The molecule has 0 unspecified atom stereocenters. The van der Waals surface area contributed by atoms with E-state index >= 15 is 0 Å². The molecule has 1 aliphatic heterocycles. The Labute approximate surface area is 427 Å². The lowest BCUT2D eigenvalue weighted by molar-refractivity contribution is 0.332. The highest BCUT2D eigenvalue weighted by Crippen LogP contribution is 2.55. The lowest BCUT2D eigenvalue weighted by atomic mass is 9.56. The molecule has 3 heterocycles. The van der Waals surface area contributed by atoms with Crippen molar-refractivity contribution < 1.29 is 8.83 Å². The molecule has 0 radical (unpaired) electrons. The van der Waals surface area contributed by atoms with E-state index in [4.69, 9.17) is 8.83 Å². The van der Waals surface area contributed by atoms with Crippen molar-refractivity contribution in [3.05, 3.63) is 148 Å². The van der Waals surface area contributed by atoms with Crippen molar-refractivity contribution in [2.24, 2.45) is 0 Å². The van der Waals surface area contributed by atoms with E-state index in [-0.39, 0.29) is 32.5 Å². The molecule has 364 valence electrons. The van der Waals surface area contributed by atoms with Crippen LogP contribution in [-0.2, 0) is 32.5 Å². The number of anilines is 5. The summed E-state index contributed by atoms with van der Waals surface area (Å²) >= 11 is 0. The monoisotopic (exact) mass is 947 g/mol. The third kappa shape index (κ3) is 6.63. The van der Waals surface area contributed by atoms with E-state index in [1.807, 2.05) is 0 Å². The minimum Gasteiger partial charge on any atom is -0.456 e. The second kappa shape index (κ2) is 15.0. The number of rotatable bonds is 4. The normalized spacial score (nSPS) is 19.6. The van der Waals surface area contributed by atoms with Crippen molar-refractivity contribution in [2.45, 2.75) is 161 Å². The minimum absolute atomic E-state index is 0.00656. The number of hydrogen-bond acceptors (Lipinski definition) is 4. The molecule has 0 bridgehead atoms. The Bertz CT molecular complexity index is 3790. The zero-order valence-corrected chi connectivity index (χ0v) is 45.1. The molecule has 72 heavy (non-hydrogen) atoms. The van der Waals surface area contributed by atoms with Gasteiger partial charge in [-0.3, -0.25) is 0 Å². The smallest absolute Gasteiger partial charge is 0.199 e. The van der Waals surface area contributed by atoms with Gasteiger partial charge < -0.3 is 19.1 Å². The molecule has 9 aromatic rings. The van der Waals surface area contributed by atoms with Crippen molar-refractivity contribution in [1.82, 2.24) is 0 Å². The average molecular weight is 947 g/mol. The van der Waals surface area contributed by atoms with Gasteiger partial charge >= 0.3 is 0 Å². The molecule has 2 aromatic heterocycles. The largest absolute Gasteiger partial charge is 0.456 e. The number of para-hydroxylation sites is 2. The van der Waals surface area contributed by atoms with E-state index in [0.717, 1.165) is 74.8 Å². The molecule has 5 heteroatoms. The van der Waals surface area contributed by atoms with Crippen molar-refractivity contribution in [2.75, 3.05) is 10.2 Å². The molecule has 4 nitrogen and oxygen atoms in total. The summed E-state index contributed by atoms with van der Waals surface area (Å²) in [7, 11) is 0.709. The molecule has 3 aliphatic carbocycles. The molecular formula is C67H71BN2O2. The predicted octanol–water partition coefficient (Wildman–Crippen LogP) is 17.4. The van der Waals surface area contributed by atoms with Gasteiger partial charge in [0.05, 0.1) is 5.69 Å². The highest BCUT2D eigenvalue weighted by atomic mass is 16.3. The first-order valence-corrected chi connectivity index (χ1v) is 27.0. The minimum atomic E-state index is -0.00656. The summed E-state index contributed by atoms with van der Waals surface area (Å²) in [5.41, 5.74) is 24.9. The zero-order valence-electron chi connectivity index (χ0n) is 45.1. The summed E-state index contributed by atoms with van der Waals surface area (Å²) in [6, 6.07) is 41.8. The number of aryl methyl sites for hydroxylation is 1. The van der Waals surface area contributed by atoms with Crippen molar-refractivity contribution in [3.8, 4) is 11.1 Å². The van der Waals surface area contributed by atoms with Gasteiger partial charge in [0.25, 0.3) is 0 Å². The van der Waals surface area contributed by atoms with Crippen LogP contribution >= 0.6 is 0 Å². The van der Waals surface area contributed by atoms with Crippen LogP contribution in [0.15, 0.2) is 118 Å². The predicted molar refractivity (Wildman–Crippen MR) is 308 cm³/mol. The first-order valence-electron chi connectivity index (χ1n) is 27.0. The van der Waals surface area contributed by atoms with Crippen LogP contribution in [0.5, 0.6) is 0 Å². The van der Waals surface area contributed by atoms with Crippen molar-refractivity contribution in [3.63, 3.8) is 0 Å². The Morgan fingerprint density at radius 1 is 0.444 bits per heavy atom. The van der Waals surface area contributed by atoms with E-state index in [1.54, 1.807) is 0 Å². The highest BCUT2D eigenvalue weighted by molar-refractivity contribution is 6.76. The number of furan rings is 2. The van der Waals surface area contributed by atoms with Crippen molar-refractivity contribution in [1.29, 1.82) is 0 Å². The summed E-state index contributed by atoms with van der Waals surface area (Å²) < 4.78 is 14.0. The summed E-state index contributed by atoms with van der Waals surface area (Å²) in [6.07, 6.45) is 6.95. The van der Waals surface area contributed by atoms with Gasteiger partial charge in [0.15, 0.2) is 12.9 Å². The maximum atomic E-state index is 7.27. The van der Waals surface area contributed by atoms with Crippen LogP contribution < -0.4 is 21.1 Å².